The molecule has 164 valence electrons. The summed E-state index contributed by atoms with van der Waals surface area (Å²) in [5, 5.41) is 7.60. The van der Waals surface area contributed by atoms with Gasteiger partial charge >= 0.3 is 5.97 Å². The molecule has 0 saturated carbocycles. The van der Waals surface area contributed by atoms with Crippen molar-refractivity contribution in [1.29, 1.82) is 0 Å². The lowest BCUT2D eigenvalue weighted by atomic mass is 10.1. The Hall–Kier alpha value is -3.08. The van der Waals surface area contributed by atoms with E-state index in [0.717, 1.165) is 11.1 Å². The molecule has 0 aliphatic rings. The van der Waals surface area contributed by atoms with Crippen molar-refractivity contribution >= 4 is 61.5 Å². The molecule has 0 atom stereocenters. The van der Waals surface area contributed by atoms with Crippen LogP contribution >= 0.6 is 34.3 Å². The highest BCUT2D eigenvalue weighted by atomic mass is 35.5. The molecule has 0 spiro atoms. The van der Waals surface area contributed by atoms with Crippen LogP contribution < -0.4 is 10.9 Å². The van der Waals surface area contributed by atoms with Crippen LogP contribution in [-0.2, 0) is 27.3 Å². The first-order chi connectivity index (χ1) is 15.4. The van der Waals surface area contributed by atoms with Gasteiger partial charge in [-0.3, -0.25) is 19.0 Å². The molecule has 1 aromatic carbocycles. The summed E-state index contributed by atoms with van der Waals surface area (Å²) in [6.45, 7) is 1.81. The minimum Gasteiger partial charge on any atom is -0.466 e. The van der Waals surface area contributed by atoms with Gasteiger partial charge in [0.2, 0.25) is 5.91 Å². The van der Waals surface area contributed by atoms with E-state index in [-0.39, 0.29) is 24.5 Å². The molecule has 32 heavy (non-hydrogen) atoms. The molecule has 3 aromatic heterocycles. The standard InChI is InChI=1S/C21H17ClN4O4S2/c1-2-30-17(28)7-14-9-32-21(24-14)25-16(27)8-26-11-23-19-18(20(26)29)15(10-31-19)12-3-5-13(22)6-4-12/h3-6,9-11H,2,7-8H2,1H3,(H,24,25,27). The summed E-state index contributed by atoms with van der Waals surface area (Å²) in [5.41, 5.74) is 1.80. The van der Waals surface area contributed by atoms with E-state index >= 15 is 0 Å². The van der Waals surface area contributed by atoms with Crippen LogP contribution in [0.3, 0.4) is 0 Å². The zero-order valence-electron chi connectivity index (χ0n) is 16.8. The maximum absolute atomic E-state index is 13.1. The number of thiophene rings is 1. The maximum atomic E-state index is 13.1. The number of amides is 1. The fraction of sp³-hybridized carbons (Fsp3) is 0.190. The number of halogens is 1. The number of nitrogens with zero attached hydrogens (tertiary/aromatic N) is 3. The van der Waals surface area contributed by atoms with Gasteiger partial charge < -0.3 is 10.1 Å². The van der Waals surface area contributed by atoms with Crippen LogP contribution in [0.1, 0.15) is 12.6 Å². The van der Waals surface area contributed by atoms with Crippen LogP contribution in [0.4, 0.5) is 5.13 Å². The third-order valence-electron chi connectivity index (χ3n) is 4.46. The van der Waals surface area contributed by atoms with E-state index in [2.05, 4.69) is 15.3 Å². The number of ether oxygens (including phenoxy) is 1. The second-order valence-electron chi connectivity index (χ2n) is 6.69. The Labute approximate surface area is 195 Å². The quantitative estimate of drug-likeness (QED) is 0.395. The van der Waals surface area contributed by atoms with E-state index in [1.165, 1.54) is 33.6 Å². The largest absolute Gasteiger partial charge is 0.466 e. The van der Waals surface area contributed by atoms with E-state index in [1.807, 2.05) is 17.5 Å². The molecule has 0 aliphatic heterocycles. The van der Waals surface area contributed by atoms with E-state index in [9.17, 15) is 14.4 Å². The van der Waals surface area contributed by atoms with Crippen molar-refractivity contribution < 1.29 is 14.3 Å². The van der Waals surface area contributed by atoms with Crippen molar-refractivity contribution in [2.24, 2.45) is 0 Å². The Morgan fingerprint density at radius 2 is 1.97 bits per heavy atom. The number of nitrogens with one attached hydrogen (secondary N) is 1. The van der Waals surface area contributed by atoms with Crippen molar-refractivity contribution in [2.45, 2.75) is 19.9 Å². The predicted molar refractivity (Wildman–Crippen MR) is 125 cm³/mol. The highest BCUT2D eigenvalue weighted by molar-refractivity contribution is 7.17. The van der Waals surface area contributed by atoms with E-state index in [0.29, 0.717) is 32.7 Å². The summed E-state index contributed by atoms with van der Waals surface area (Å²) >= 11 is 8.52. The van der Waals surface area contributed by atoms with Gasteiger partial charge in [0.05, 0.1) is 30.4 Å². The lowest BCUT2D eigenvalue weighted by Crippen LogP contribution is -2.27. The van der Waals surface area contributed by atoms with Crippen molar-refractivity contribution in [3.8, 4) is 11.1 Å². The van der Waals surface area contributed by atoms with Gasteiger partial charge in [-0.15, -0.1) is 22.7 Å². The van der Waals surface area contributed by atoms with Gasteiger partial charge in [-0.05, 0) is 24.6 Å². The van der Waals surface area contributed by atoms with Crippen LogP contribution in [0, 0.1) is 0 Å². The number of hydrogen-bond acceptors (Lipinski definition) is 8. The SMILES string of the molecule is CCOC(=O)Cc1csc(NC(=O)Cn2cnc3scc(-c4ccc(Cl)cc4)c3c2=O)n1. The van der Waals surface area contributed by atoms with E-state index < -0.39 is 5.91 Å². The third-order valence-corrected chi connectivity index (χ3v) is 6.40. The Morgan fingerprint density at radius 1 is 1.19 bits per heavy atom. The molecule has 4 aromatic rings. The van der Waals surface area contributed by atoms with Gasteiger partial charge in [0.1, 0.15) is 11.4 Å². The number of aromatic nitrogens is 3. The summed E-state index contributed by atoms with van der Waals surface area (Å²) in [6.07, 6.45) is 1.40. The topological polar surface area (TPSA) is 103 Å². The molecule has 1 N–H and O–H groups in total. The number of benzene rings is 1. The van der Waals surface area contributed by atoms with Gasteiger partial charge in [-0.2, -0.15) is 0 Å². The first-order valence-electron chi connectivity index (χ1n) is 9.57. The molecule has 0 bridgehead atoms. The molecule has 4 rings (SSSR count). The van der Waals surface area contributed by atoms with Gasteiger partial charge in [-0.1, -0.05) is 23.7 Å². The smallest absolute Gasteiger partial charge is 0.311 e. The van der Waals surface area contributed by atoms with Crippen LogP contribution in [0.15, 0.2) is 46.1 Å². The zero-order valence-corrected chi connectivity index (χ0v) is 19.2. The Balaban J connectivity index is 1.51. The molecule has 0 radical (unpaired) electrons. The second kappa shape index (κ2) is 9.60. The number of thiazole rings is 1. The fourth-order valence-corrected chi connectivity index (χ4v) is 4.80. The average molecular weight is 489 g/mol. The van der Waals surface area contributed by atoms with Gasteiger partial charge in [0.25, 0.3) is 5.56 Å². The highest BCUT2D eigenvalue weighted by Gasteiger charge is 2.16. The van der Waals surface area contributed by atoms with E-state index in [1.54, 1.807) is 24.4 Å². The van der Waals surface area contributed by atoms with Crippen LogP contribution in [0.5, 0.6) is 0 Å². The number of anilines is 1. The third kappa shape index (κ3) is 4.87. The highest BCUT2D eigenvalue weighted by Crippen LogP contribution is 2.31. The second-order valence-corrected chi connectivity index (χ2v) is 8.84. The first kappa shape index (κ1) is 22.1. The Morgan fingerprint density at radius 3 is 2.72 bits per heavy atom. The number of esters is 1. The van der Waals surface area contributed by atoms with Gasteiger partial charge in [-0.25, -0.2) is 9.97 Å². The number of carbonyl (C=O) groups is 2. The Bertz CT molecular complexity index is 1340. The lowest BCUT2D eigenvalue weighted by molar-refractivity contribution is -0.142. The fourth-order valence-electron chi connectivity index (χ4n) is 3.04. The normalized spacial score (nSPS) is 10.9. The first-order valence-corrected chi connectivity index (χ1v) is 11.7. The van der Waals surface area contributed by atoms with Gasteiger partial charge in [0, 0.05) is 21.3 Å². The lowest BCUT2D eigenvalue weighted by Gasteiger charge is -2.06. The van der Waals surface area contributed by atoms with Crippen LogP contribution in [-0.4, -0.2) is 33.0 Å². The van der Waals surface area contributed by atoms with Crippen molar-refractivity contribution in [2.75, 3.05) is 11.9 Å². The number of fused-ring (bicyclic) bond motifs is 1. The predicted octanol–water partition coefficient (Wildman–Crippen LogP) is 3.98. The number of carbonyl (C=O) groups excluding carboxylic acids is 2. The van der Waals surface area contributed by atoms with Crippen molar-refractivity contribution in [3.05, 3.63) is 62.4 Å². The van der Waals surface area contributed by atoms with Crippen LogP contribution in [0.2, 0.25) is 5.02 Å². The van der Waals surface area contributed by atoms with Crippen LogP contribution in [0.25, 0.3) is 21.3 Å². The number of hydrogen-bond donors (Lipinski definition) is 1. The molecule has 0 aliphatic carbocycles. The molecule has 3 heterocycles. The minimum atomic E-state index is -0.423. The Kier molecular flexibility index (Phi) is 6.63. The van der Waals surface area contributed by atoms with Gasteiger partial charge in [0.15, 0.2) is 5.13 Å². The summed E-state index contributed by atoms with van der Waals surface area (Å²) in [5.74, 6) is -0.803. The molecule has 11 heteroatoms. The molecular formula is C21H17ClN4O4S2. The van der Waals surface area contributed by atoms with Crippen molar-refractivity contribution in [3.63, 3.8) is 0 Å². The van der Waals surface area contributed by atoms with E-state index in [4.69, 9.17) is 16.3 Å². The molecule has 8 nitrogen and oxygen atoms in total. The summed E-state index contributed by atoms with van der Waals surface area (Å²) in [4.78, 5) is 46.3. The molecule has 1 amide bonds. The average Bonchev–Trinajstić information content (AvgIpc) is 3.38. The molecule has 0 saturated heterocycles. The number of rotatable bonds is 7. The summed E-state index contributed by atoms with van der Waals surface area (Å²) in [6, 6.07) is 7.19. The molecular weight excluding hydrogens is 472 g/mol. The zero-order chi connectivity index (χ0) is 22.7. The summed E-state index contributed by atoms with van der Waals surface area (Å²) < 4.78 is 6.15. The summed E-state index contributed by atoms with van der Waals surface area (Å²) in [7, 11) is 0. The maximum Gasteiger partial charge on any atom is 0.311 e. The molecule has 0 fully saturated rings. The van der Waals surface area contributed by atoms with Crippen molar-refractivity contribution in [1.82, 2.24) is 14.5 Å². The minimum absolute atomic E-state index is 0.0336. The monoisotopic (exact) mass is 488 g/mol. The molecule has 0 unspecified atom stereocenters.